The highest BCUT2D eigenvalue weighted by Crippen LogP contribution is 2.38. The summed E-state index contributed by atoms with van der Waals surface area (Å²) in [5, 5.41) is 4.74. The topological polar surface area (TPSA) is 66.6 Å². The lowest BCUT2D eigenvalue weighted by molar-refractivity contribution is -0.121. The number of hydrogen-bond acceptors (Lipinski definition) is 6. The van der Waals surface area contributed by atoms with Gasteiger partial charge in [-0.1, -0.05) is 24.3 Å². The van der Waals surface area contributed by atoms with E-state index in [1.54, 1.807) is 6.20 Å². The van der Waals surface area contributed by atoms with Crippen LogP contribution in [0.3, 0.4) is 0 Å². The van der Waals surface area contributed by atoms with Gasteiger partial charge >= 0.3 is 0 Å². The number of rotatable bonds is 4. The van der Waals surface area contributed by atoms with Crippen molar-refractivity contribution in [3.63, 3.8) is 0 Å². The molecule has 3 heterocycles. The lowest BCUT2D eigenvalue weighted by atomic mass is 9.85. The van der Waals surface area contributed by atoms with Crippen LogP contribution < -0.4 is 9.80 Å². The van der Waals surface area contributed by atoms with Crippen LogP contribution in [0.15, 0.2) is 48.8 Å². The molecule has 0 unspecified atom stereocenters. The zero-order valence-corrected chi connectivity index (χ0v) is 20.0. The maximum absolute atomic E-state index is 12.4. The van der Waals surface area contributed by atoms with Crippen molar-refractivity contribution in [1.82, 2.24) is 19.6 Å². The molecule has 1 aliphatic carbocycles. The van der Waals surface area contributed by atoms with Gasteiger partial charge in [-0.2, -0.15) is 5.10 Å². The normalized spacial score (nSPS) is 16.2. The fourth-order valence-electron chi connectivity index (χ4n) is 5.22. The Bertz CT molecular complexity index is 1450. The minimum atomic E-state index is -0.395. The summed E-state index contributed by atoms with van der Waals surface area (Å²) in [4.78, 5) is 26.4. The standard InChI is InChI=1S/C27H28N6O/c1-27(2)21-8-5-17(13-19(21)15-23(27)34)14-24-29-26-25(28-10-12-33(26)30-24)32-11-9-18-6-7-20(31(3)4)16-22(18)32/h5-8,10,12-13,16H,9,11,14-15H2,1-4H3. The molecule has 4 aromatic rings. The number of fused-ring (bicyclic) bond motifs is 3. The summed E-state index contributed by atoms with van der Waals surface area (Å²) >= 11 is 0. The first kappa shape index (κ1) is 20.8. The summed E-state index contributed by atoms with van der Waals surface area (Å²) < 4.78 is 1.82. The predicted molar refractivity (Wildman–Crippen MR) is 133 cm³/mol. The van der Waals surface area contributed by atoms with Crippen LogP contribution in [0.4, 0.5) is 17.2 Å². The Labute approximate surface area is 199 Å². The third-order valence-corrected chi connectivity index (χ3v) is 7.27. The molecule has 0 N–H and O–H groups in total. The Hall–Kier alpha value is -3.74. The van der Waals surface area contributed by atoms with E-state index < -0.39 is 5.41 Å². The van der Waals surface area contributed by atoms with E-state index in [2.05, 4.69) is 60.3 Å². The van der Waals surface area contributed by atoms with Crippen LogP contribution in [0.1, 0.15) is 41.9 Å². The van der Waals surface area contributed by atoms with E-state index in [9.17, 15) is 4.79 Å². The van der Waals surface area contributed by atoms with E-state index in [1.807, 2.05) is 24.6 Å². The number of hydrogen-bond donors (Lipinski definition) is 0. The summed E-state index contributed by atoms with van der Waals surface area (Å²) in [6.45, 7) is 4.89. The number of carbonyl (C=O) groups is 1. The molecule has 7 nitrogen and oxygen atoms in total. The van der Waals surface area contributed by atoms with Gasteiger partial charge in [-0.15, -0.1) is 0 Å². The van der Waals surface area contributed by atoms with E-state index >= 15 is 0 Å². The minimum absolute atomic E-state index is 0.282. The molecule has 0 saturated heterocycles. The van der Waals surface area contributed by atoms with Gasteiger partial charge < -0.3 is 9.80 Å². The first-order valence-corrected chi connectivity index (χ1v) is 11.7. The fourth-order valence-corrected chi connectivity index (χ4v) is 5.22. The summed E-state index contributed by atoms with van der Waals surface area (Å²) in [6, 6.07) is 12.9. The average molecular weight is 453 g/mol. The number of carbonyl (C=O) groups excluding carboxylic acids is 1. The van der Waals surface area contributed by atoms with Gasteiger partial charge in [-0.05, 0) is 54.7 Å². The van der Waals surface area contributed by atoms with E-state index in [0.717, 1.165) is 52.6 Å². The minimum Gasteiger partial charge on any atom is -0.378 e. The molecule has 0 saturated carbocycles. The quantitative estimate of drug-likeness (QED) is 0.468. The van der Waals surface area contributed by atoms with Crippen molar-refractivity contribution in [2.75, 3.05) is 30.4 Å². The van der Waals surface area contributed by atoms with Crippen LogP contribution >= 0.6 is 0 Å². The van der Waals surface area contributed by atoms with Crippen molar-refractivity contribution < 1.29 is 4.79 Å². The Kier molecular flexibility index (Phi) is 4.52. The van der Waals surface area contributed by atoms with Gasteiger partial charge in [-0.3, -0.25) is 4.79 Å². The highest BCUT2D eigenvalue weighted by Gasteiger charge is 2.37. The Morgan fingerprint density at radius 1 is 1.09 bits per heavy atom. The van der Waals surface area contributed by atoms with Crippen LogP contribution in [-0.2, 0) is 29.5 Å². The molecule has 1 aliphatic heterocycles. The molecule has 7 heteroatoms. The lowest BCUT2D eigenvalue weighted by Gasteiger charge is -2.20. The summed E-state index contributed by atoms with van der Waals surface area (Å²) in [5.74, 6) is 1.86. The molecule has 172 valence electrons. The van der Waals surface area contributed by atoms with E-state index in [0.29, 0.717) is 12.8 Å². The molecule has 0 spiro atoms. The molecule has 0 radical (unpaired) electrons. The zero-order chi connectivity index (χ0) is 23.6. The van der Waals surface area contributed by atoms with Crippen LogP contribution in [-0.4, -0.2) is 46.0 Å². The van der Waals surface area contributed by atoms with Crippen molar-refractivity contribution >= 4 is 28.6 Å². The number of benzene rings is 2. The molecular weight excluding hydrogens is 424 g/mol. The third-order valence-electron chi connectivity index (χ3n) is 7.27. The molecule has 0 atom stereocenters. The summed E-state index contributed by atoms with van der Waals surface area (Å²) in [7, 11) is 4.11. The van der Waals surface area contributed by atoms with Gasteiger partial charge in [0.2, 0.25) is 0 Å². The van der Waals surface area contributed by atoms with E-state index in [1.165, 1.54) is 11.3 Å². The van der Waals surface area contributed by atoms with Crippen LogP contribution in [0.2, 0.25) is 0 Å². The Morgan fingerprint density at radius 2 is 1.94 bits per heavy atom. The van der Waals surface area contributed by atoms with Gasteiger partial charge in [-0.25, -0.2) is 14.5 Å². The molecular formula is C27H28N6O. The second-order valence-electron chi connectivity index (χ2n) is 10.0. The zero-order valence-electron chi connectivity index (χ0n) is 20.0. The number of anilines is 3. The molecule has 6 rings (SSSR count). The molecule has 0 fully saturated rings. The average Bonchev–Trinajstić information content (AvgIpc) is 3.47. The van der Waals surface area contributed by atoms with E-state index in [-0.39, 0.29) is 5.78 Å². The first-order chi connectivity index (χ1) is 16.3. The Morgan fingerprint density at radius 3 is 2.76 bits per heavy atom. The van der Waals surface area contributed by atoms with Crippen molar-refractivity contribution in [3.05, 3.63) is 76.9 Å². The second kappa shape index (κ2) is 7.38. The molecule has 2 aliphatic rings. The van der Waals surface area contributed by atoms with Crippen LogP contribution in [0.25, 0.3) is 5.65 Å². The summed E-state index contributed by atoms with van der Waals surface area (Å²) in [5.41, 5.74) is 7.43. The van der Waals surface area contributed by atoms with Crippen molar-refractivity contribution in [1.29, 1.82) is 0 Å². The molecule has 0 bridgehead atoms. The largest absolute Gasteiger partial charge is 0.378 e. The highest BCUT2D eigenvalue weighted by atomic mass is 16.1. The maximum atomic E-state index is 12.4. The third kappa shape index (κ3) is 3.18. The Balaban J connectivity index is 1.34. The van der Waals surface area contributed by atoms with Crippen molar-refractivity contribution in [2.24, 2.45) is 0 Å². The second-order valence-corrected chi connectivity index (χ2v) is 10.0. The number of nitrogens with zero attached hydrogens (tertiary/aromatic N) is 6. The van der Waals surface area contributed by atoms with Gasteiger partial charge in [0.25, 0.3) is 0 Å². The predicted octanol–water partition coefficient (Wildman–Crippen LogP) is 3.88. The summed E-state index contributed by atoms with van der Waals surface area (Å²) in [6.07, 6.45) is 5.75. The number of Topliss-reactive ketones (excluding diaryl/α,β-unsaturated/α-hetero) is 1. The lowest BCUT2D eigenvalue weighted by Crippen LogP contribution is -2.23. The van der Waals surface area contributed by atoms with Gasteiger partial charge in [0, 0.05) is 62.7 Å². The number of aromatic nitrogens is 4. The first-order valence-electron chi connectivity index (χ1n) is 11.7. The van der Waals surface area contributed by atoms with Crippen molar-refractivity contribution in [2.45, 2.75) is 38.5 Å². The van der Waals surface area contributed by atoms with Gasteiger partial charge in [0.05, 0.1) is 0 Å². The maximum Gasteiger partial charge on any atom is 0.199 e. The van der Waals surface area contributed by atoms with Gasteiger partial charge in [0.1, 0.15) is 5.78 Å². The highest BCUT2D eigenvalue weighted by molar-refractivity contribution is 5.95. The molecule has 2 aromatic carbocycles. The van der Waals surface area contributed by atoms with Crippen LogP contribution in [0, 0.1) is 0 Å². The smallest absolute Gasteiger partial charge is 0.199 e. The molecule has 0 amide bonds. The monoisotopic (exact) mass is 452 g/mol. The number of ketones is 1. The SMILES string of the molecule is CN(C)c1ccc2c(c1)N(c1nccn3nc(Cc4ccc5c(c4)CC(=O)C5(C)C)nc13)CC2. The van der Waals surface area contributed by atoms with E-state index in [4.69, 9.17) is 15.1 Å². The van der Waals surface area contributed by atoms with Crippen molar-refractivity contribution in [3.8, 4) is 0 Å². The van der Waals surface area contributed by atoms with Gasteiger partial charge in [0.15, 0.2) is 17.3 Å². The fraction of sp³-hybridized carbons (Fsp3) is 0.333. The molecule has 34 heavy (non-hydrogen) atoms. The van der Waals surface area contributed by atoms with Crippen LogP contribution in [0.5, 0.6) is 0 Å². The molecule has 2 aromatic heterocycles.